The van der Waals surface area contributed by atoms with E-state index in [0.717, 1.165) is 11.1 Å². The van der Waals surface area contributed by atoms with Crippen LogP contribution >= 0.6 is 0 Å². The first-order chi connectivity index (χ1) is 14.6. The summed E-state index contributed by atoms with van der Waals surface area (Å²) < 4.78 is 3.28. The summed E-state index contributed by atoms with van der Waals surface area (Å²) in [5, 5.41) is 2.80. The maximum atomic E-state index is 12.6. The van der Waals surface area contributed by atoms with Crippen molar-refractivity contribution in [3.63, 3.8) is 0 Å². The lowest BCUT2D eigenvalue weighted by atomic mass is 10.1. The normalized spacial score (nSPS) is 10.7. The van der Waals surface area contributed by atoms with Crippen LogP contribution in [0.25, 0.3) is 0 Å². The number of carbonyl (C=O) groups excluding carboxylic acids is 1. The van der Waals surface area contributed by atoms with Gasteiger partial charge in [-0.15, -0.1) is 0 Å². The van der Waals surface area contributed by atoms with Gasteiger partial charge in [0.05, 0.1) is 24.5 Å². The molecule has 4 aromatic rings. The number of imidazole rings is 1. The fourth-order valence-corrected chi connectivity index (χ4v) is 3.15. The number of nitrogens with zero attached hydrogens (tertiary/aromatic N) is 3. The summed E-state index contributed by atoms with van der Waals surface area (Å²) in [7, 11) is 0. The molecule has 0 unspecified atom stereocenters. The summed E-state index contributed by atoms with van der Waals surface area (Å²) in [6.45, 7) is 0.897. The molecular weight excluding hydrogens is 378 g/mol. The third kappa shape index (κ3) is 4.30. The van der Waals surface area contributed by atoms with Crippen LogP contribution in [0.15, 0.2) is 90.2 Å². The summed E-state index contributed by atoms with van der Waals surface area (Å²) in [6, 6.07) is 18.1. The number of carbonyl (C=O) groups is 1. The Labute approximate surface area is 173 Å². The van der Waals surface area contributed by atoms with E-state index in [1.807, 2.05) is 36.4 Å². The summed E-state index contributed by atoms with van der Waals surface area (Å²) in [6.07, 6.45) is 6.98. The lowest BCUT2D eigenvalue weighted by Gasteiger charge is -2.08. The van der Waals surface area contributed by atoms with Gasteiger partial charge in [-0.3, -0.25) is 18.9 Å². The smallest absolute Gasteiger partial charge is 0.328 e. The topological polar surface area (TPSA) is 94.9 Å². The fraction of sp³-hybridized carbons (Fsp3) is 0.0870. The molecule has 0 atom stereocenters. The molecule has 3 N–H and O–H groups in total. The lowest BCUT2D eigenvalue weighted by molar-refractivity contribution is 0.102. The number of pyridine rings is 1. The van der Waals surface area contributed by atoms with E-state index >= 15 is 0 Å². The van der Waals surface area contributed by atoms with Crippen LogP contribution in [0.3, 0.4) is 0 Å². The van der Waals surface area contributed by atoms with Gasteiger partial charge in [0.15, 0.2) is 0 Å². The maximum Gasteiger partial charge on any atom is 0.328 e. The Morgan fingerprint density at radius 2 is 1.60 bits per heavy atom. The van der Waals surface area contributed by atoms with Gasteiger partial charge in [0.25, 0.3) is 5.91 Å². The van der Waals surface area contributed by atoms with Gasteiger partial charge < -0.3 is 11.1 Å². The molecule has 30 heavy (non-hydrogen) atoms. The Hall–Kier alpha value is -4.13. The number of para-hydroxylation sites is 2. The third-order valence-corrected chi connectivity index (χ3v) is 4.77. The average Bonchev–Trinajstić information content (AvgIpc) is 3.10. The van der Waals surface area contributed by atoms with Crippen LogP contribution < -0.4 is 16.7 Å². The predicted octanol–water partition coefficient (Wildman–Crippen LogP) is 2.98. The van der Waals surface area contributed by atoms with Crippen LogP contribution in [-0.4, -0.2) is 20.0 Å². The van der Waals surface area contributed by atoms with Crippen LogP contribution in [-0.2, 0) is 13.1 Å². The zero-order valence-corrected chi connectivity index (χ0v) is 16.2. The molecule has 0 radical (unpaired) electrons. The molecule has 2 aromatic heterocycles. The van der Waals surface area contributed by atoms with Crippen molar-refractivity contribution in [2.24, 2.45) is 0 Å². The number of nitrogens with two attached hydrogens (primary N) is 1. The highest BCUT2D eigenvalue weighted by Gasteiger charge is 2.09. The quantitative estimate of drug-likeness (QED) is 0.487. The second kappa shape index (κ2) is 8.48. The van der Waals surface area contributed by atoms with E-state index in [-0.39, 0.29) is 11.6 Å². The zero-order valence-electron chi connectivity index (χ0n) is 16.2. The summed E-state index contributed by atoms with van der Waals surface area (Å²) in [4.78, 5) is 29.1. The number of aromatic nitrogens is 3. The number of rotatable bonds is 6. The van der Waals surface area contributed by atoms with Gasteiger partial charge in [0.1, 0.15) is 0 Å². The largest absolute Gasteiger partial charge is 0.397 e. The van der Waals surface area contributed by atoms with Gasteiger partial charge in [-0.1, -0.05) is 30.3 Å². The van der Waals surface area contributed by atoms with Gasteiger partial charge in [0, 0.05) is 30.4 Å². The minimum atomic E-state index is -0.237. The minimum absolute atomic E-state index is 0.0970. The second-order valence-corrected chi connectivity index (χ2v) is 6.94. The van der Waals surface area contributed by atoms with Gasteiger partial charge in [-0.25, -0.2) is 4.79 Å². The molecule has 1 amide bonds. The molecule has 0 aliphatic rings. The van der Waals surface area contributed by atoms with Gasteiger partial charge in [0.2, 0.25) is 0 Å². The highest BCUT2D eigenvalue weighted by Crippen LogP contribution is 2.18. The molecule has 2 aromatic carbocycles. The molecule has 4 rings (SSSR count). The Kier molecular flexibility index (Phi) is 5.43. The molecule has 0 spiro atoms. The molecule has 0 aliphatic carbocycles. The number of amides is 1. The van der Waals surface area contributed by atoms with Gasteiger partial charge in [-0.05, 0) is 41.5 Å². The molecular formula is C23H21N5O2. The minimum Gasteiger partial charge on any atom is -0.397 e. The number of anilines is 2. The van der Waals surface area contributed by atoms with Crippen LogP contribution in [0.5, 0.6) is 0 Å². The zero-order chi connectivity index (χ0) is 20.9. The standard InChI is InChI=1S/C23H21N5O2/c24-20-5-1-2-6-21(20)26-22(29)19-9-7-17(8-10-19)15-27-12-13-28(23(27)30)16-18-4-3-11-25-14-18/h1-14H,15-16,24H2,(H,26,29). The van der Waals surface area contributed by atoms with Crippen LogP contribution in [0, 0.1) is 0 Å². The van der Waals surface area contributed by atoms with E-state index in [1.165, 1.54) is 0 Å². The van der Waals surface area contributed by atoms with Crippen LogP contribution in [0.2, 0.25) is 0 Å². The average molecular weight is 399 g/mol. The summed E-state index contributed by atoms with van der Waals surface area (Å²) in [5.74, 6) is -0.237. The molecule has 0 aliphatic heterocycles. The van der Waals surface area contributed by atoms with Crippen molar-refractivity contribution in [2.45, 2.75) is 13.1 Å². The van der Waals surface area contributed by atoms with E-state index in [4.69, 9.17) is 5.73 Å². The maximum absolute atomic E-state index is 12.6. The SMILES string of the molecule is Nc1ccccc1NC(=O)c1ccc(Cn2ccn(Cc3cccnc3)c2=O)cc1. The van der Waals surface area contributed by atoms with Crippen molar-refractivity contribution in [3.8, 4) is 0 Å². The summed E-state index contributed by atoms with van der Waals surface area (Å²) in [5.41, 5.74) is 9.27. The molecule has 0 fully saturated rings. The van der Waals surface area contributed by atoms with Crippen molar-refractivity contribution in [1.29, 1.82) is 0 Å². The van der Waals surface area contributed by atoms with E-state index in [0.29, 0.717) is 30.0 Å². The number of benzene rings is 2. The molecule has 0 saturated carbocycles. The predicted molar refractivity (Wildman–Crippen MR) is 116 cm³/mol. The summed E-state index contributed by atoms with van der Waals surface area (Å²) >= 11 is 0. The Morgan fingerprint density at radius 3 is 2.27 bits per heavy atom. The van der Waals surface area contributed by atoms with Crippen molar-refractivity contribution in [2.75, 3.05) is 11.1 Å². The number of nitrogens with one attached hydrogen (secondary N) is 1. The fourth-order valence-electron chi connectivity index (χ4n) is 3.15. The molecule has 2 heterocycles. The third-order valence-electron chi connectivity index (χ3n) is 4.77. The van der Waals surface area contributed by atoms with Crippen LogP contribution in [0.4, 0.5) is 11.4 Å². The van der Waals surface area contributed by atoms with Crippen molar-refractivity contribution in [3.05, 3.63) is 113 Å². The number of hydrogen-bond acceptors (Lipinski definition) is 4. The first-order valence-electron chi connectivity index (χ1n) is 9.49. The lowest BCUT2D eigenvalue weighted by Crippen LogP contribution is -2.24. The Morgan fingerprint density at radius 1 is 0.900 bits per heavy atom. The second-order valence-electron chi connectivity index (χ2n) is 6.94. The molecule has 7 heteroatoms. The number of nitrogen functional groups attached to an aromatic ring is 1. The molecule has 150 valence electrons. The van der Waals surface area contributed by atoms with E-state index in [2.05, 4.69) is 10.3 Å². The van der Waals surface area contributed by atoms with Crippen LogP contribution in [0.1, 0.15) is 21.5 Å². The van der Waals surface area contributed by atoms with Crippen molar-refractivity contribution < 1.29 is 4.79 Å². The number of hydrogen-bond donors (Lipinski definition) is 2. The van der Waals surface area contributed by atoms with Crippen molar-refractivity contribution in [1.82, 2.24) is 14.1 Å². The van der Waals surface area contributed by atoms with E-state index in [1.54, 1.807) is 58.2 Å². The van der Waals surface area contributed by atoms with E-state index in [9.17, 15) is 9.59 Å². The highest BCUT2D eigenvalue weighted by atomic mass is 16.2. The first-order valence-corrected chi connectivity index (χ1v) is 9.49. The van der Waals surface area contributed by atoms with Crippen molar-refractivity contribution >= 4 is 17.3 Å². The molecule has 0 bridgehead atoms. The highest BCUT2D eigenvalue weighted by molar-refractivity contribution is 6.05. The Balaban J connectivity index is 1.43. The monoisotopic (exact) mass is 399 g/mol. The van der Waals surface area contributed by atoms with E-state index < -0.39 is 0 Å². The van der Waals surface area contributed by atoms with Gasteiger partial charge in [-0.2, -0.15) is 0 Å². The molecule has 7 nitrogen and oxygen atoms in total. The first kappa shape index (κ1) is 19.2. The van der Waals surface area contributed by atoms with Gasteiger partial charge >= 0.3 is 5.69 Å². The molecule has 0 saturated heterocycles. The Bertz CT molecular complexity index is 1210.